The summed E-state index contributed by atoms with van der Waals surface area (Å²) in [6.07, 6.45) is -2.34. The van der Waals surface area contributed by atoms with Crippen molar-refractivity contribution in [3.63, 3.8) is 0 Å². The van der Waals surface area contributed by atoms with Gasteiger partial charge in [0.05, 0.1) is 8.46 Å². The average molecular weight is 198 g/mol. The van der Waals surface area contributed by atoms with Crippen molar-refractivity contribution in [1.82, 2.24) is 0 Å². The van der Waals surface area contributed by atoms with Crippen LogP contribution in [-0.2, 0) is 19.1 Å². The summed E-state index contributed by atoms with van der Waals surface area (Å²) in [6, 6.07) is 0. The lowest BCUT2D eigenvalue weighted by Gasteiger charge is -1.91. The van der Waals surface area contributed by atoms with Gasteiger partial charge in [-0.2, -0.15) is 0 Å². The third-order valence-corrected chi connectivity index (χ3v) is 0.377. The van der Waals surface area contributed by atoms with Crippen LogP contribution in [0.5, 0.6) is 0 Å². The predicted molar refractivity (Wildman–Crippen MR) is 50.3 cm³/mol. The third kappa shape index (κ3) is 37.3. The average Bonchev–Trinajstić information content (AvgIpc) is 2.37. The van der Waals surface area contributed by atoms with Crippen LogP contribution in [0, 0.1) is 0 Å². The van der Waals surface area contributed by atoms with Gasteiger partial charge in [-0.05, 0) is 20.6 Å². The first-order valence-corrected chi connectivity index (χ1v) is 2.56. The normalized spacial score (nSPS) is 19.1. The fourth-order valence-corrected chi connectivity index (χ4v) is 0.0871. The fourth-order valence-electron chi connectivity index (χ4n) is 0.0871. The molecule has 0 atom stereocenters. The van der Waals surface area contributed by atoms with Crippen molar-refractivity contribution in [2.75, 3.05) is 7.09 Å². The maximum absolute atomic E-state index is 10.6. The maximum Gasteiger partial charge on any atom is 0.332 e. The zero-order valence-electron chi connectivity index (χ0n) is 16.8. The van der Waals surface area contributed by atoms with E-state index < -0.39 is 51.8 Å². The van der Waals surface area contributed by atoms with Crippen molar-refractivity contribution in [2.45, 2.75) is 20.6 Å². The largest absolute Gasteiger partial charge is 0.466 e. The molecule has 13 heavy (non-hydrogen) atoms. The second kappa shape index (κ2) is 16.9. The highest BCUT2D eigenvalue weighted by Crippen LogP contribution is 1.87. The molecule has 0 spiro atoms. The second-order valence-corrected chi connectivity index (χ2v) is 1.16. The Hall–Kier alpha value is -1.45. The van der Waals surface area contributed by atoms with Gasteiger partial charge in [0.25, 0.3) is 0 Å². The summed E-state index contributed by atoms with van der Waals surface area (Å²) in [5, 5.41) is 0. The number of ether oxygens (including phenoxy) is 1. The van der Waals surface area contributed by atoms with Gasteiger partial charge in [-0.3, -0.25) is 0 Å². The first kappa shape index (κ1) is 3.74. The molecule has 0 aromatic heterocycles. The summed E-state index contributed by atoms with van der Waals surface area (Å²) >= 11 is 0. The van der Waals surface area contributed by atoms with E-state index in [0.29, 0.717) is 0 Å². The zero-order valence-corrected chi connectivity index (χ0v) is 6.75. The molecule has 0 saturated heterocycles. The van der Waals surface area contributed by atoms with Crippen LogP contribution >= 0.6 is 0 Å². The van der Waals surface area contributed by atoms with E-state index in [-0.39, 0.29) is 0 Å². The molecular formula is C9H16O4. The van der Waals surface area contributed by atoms with Gasteiger partial charge in [0.15, 0.2) is 0 Å². The first-order chi connectivity index (χ1) is 10.1. The van der Waals surface area contributed by atoms with Gasteiger partial charge in [0.1, 0.15) is 15.3 Å². The molecule has 0 aliphatic rings. The molecule has 0 amide bonds. The Morgan fingerprint density at radius 3 is 2.31 bits per heavy atom. The molecule has 0 aromatic rings. The molecule has 0 unspecified atom stereocenters. The van der Waals surface area contributed by atoms with Gasteiger partial charge in [-0.1, -0.05) is 6.58 Å². The molecule has 0 saturated carbocycles. The fraction of sp³-hybridized carbons (Fsp3) is 0.444. The highest BCUT2D eigenvalue weighted by molar-refractivity contribution is 5.86. The van der Waals surface area contributed by atoms with E-state index in [2.05, 4.69) is 11.3 Å². The van der Waals surface area contributed by atoms with Crippen molar-refractivity contribution in [3.05, 3.63) is 12.2 Å². The van der Waals surface area contributed by atoms with Crippen LogP contribution < -0.4 is 0 Å². The Kier molecular flexibility index (Phi) is 4.85. The lowest BCUT2D eigenvalue weighted by molar-refractivity contribution is -0.136. The predicted octanol–water partition coefficient (Wildman–Crippen LogP) is 1.15. The third-order valence-electron chi connectivity index (χ3n) is 0.377. The van der Waals surface area contributed by atoms with Crippen LogP contribution in [0.25, 0.3) is 0 Å². The van der Waals surface area contributed by atoms with E-state index in [1.807, 2.05) is 0 Å². The lowest BCUT2D eigenvalue weighted by atomic mass is 10.4. The van der Waals surface area contributed by atoms with E-state index in [0.717, 1.165) is 0 Å². The lowest BCUT2D eigenvalue weighted by Crippen LogP contribution is -1.98. The molecule has 0 aliphatic carbocycles. The highest BCUT2D eigenvalue weighted by Gasteiger charge is 1.95. The van der Waals surface area contributed by atoms with Gasteiger partial charge < -0.3 is 14.3 Å². The van der Waals surface area contributed by atoms with Crippen molar-refractivity contribution in [2.24, 2.45) is 0 Å². The van der Waals surface area contributed by atoms with E-state index in [1.165, 1.54) is 0 Å². The van der Waals surface area contributed by atoms with Crippen molar-refractivity contribution in [3.8, 4) is 0 Å². The Morgan fingerprint density at radius 2 is 2.08 bits per heavy atom. The number of esters is 1. The van der Waals surface area contributed by atoms with Crippen LogP contribution in [0.3, 0.4) is 0 Å². The Morgan fingerprint density at radius 1 is 1.54 bits per heavy atom. The summed E-state index contributed by atoms with van der Waals surface area (Å²) in [4.78, 5) is 29.4. The quantitative estimate of drug-likeness (QED) is 0.360. The summed E-state index contributed by atoms with van der Waals surface area (Å²) in [5.74, 6) is -1.04. The Balaban J connectivity index is -0.000000286. The molecule has 0 aliphatic heterocycles. The van der Waals surface area contributed by atoms with Crippen LogP contribution in [0.15, 0.2) is 12.2 Å². The number of hydrogen-bond donors (Lipinski definition) is 0. The van der Waals surface area contributed by atoms with Crippen molar-refractivity contribution < 1.29 is 32.8 Å². The van der Waals surface area contributed by atoms with E-state index >= 15 is 0 Å². The molecule has 4 heteroatoms. The van der Waals surface area contributed by atoms with Gasteiger partial charge in [-0.25, -0.2) is 4.79 Å². The van der Waals surface area contributed by atoms with Gasteiger partial charge in [-0.15, -0.1) is 0 Å². The van der Waals surface area contributed by atoms with E-state index in [1.54, 1.807) is 0 Å². The molecule has 0 aromatic carbocycles. The summed E-state index contributed by atoms with van der Waals surface area (Å²) in [6.45, 7) is -2.64. The van der Waals surface area contributed by atoms with Crippen LogP contribution in [0.1, 0.15) is 34.3 Å². The number of methoxy groups -OCH3 is 1. The topological polar surface area (TPSA) is 60.4 Å². The molecule has 0 heterocycles. The standard InChI is InChI=1S/C5H8O2.2C2H4O/c1-4(2)5(6)7-3;2*1-2-3/h1H2,2-3H3;2*2H,1H3/i2D3,3D;1D3,2D;1D,2D. The van der Waals surface area contributed by atoms with E-state index in [4.69, 9.17) is 13.7 Å². The van der Waals surface area contributed by atoms with Crippen LogP contribution in [-0.4, -0.2) is 25.6 Å². The minimum Gasteiger partial charge on any atom is -0.466 e. The molecule has 0 N–H and O–H groups in total. The minimum atomic E-state index is -2.72. The number of carbonyl (C=O) groups is 3. The molecule has 0 fully saturated rings. The van der Waals surface area contributed by atoms with Crippen LogP contribution in [0.2, 0.25) is 0 Å². The van der Waals surface area contributed by atoms with Crippen LogP contribution in [0.4, 0.5) is 0 Å². The first-order valence-electron chi connectivity index (χ1n) is 7.98. The number of rotatable bonds is 1. The maximum atomic E-state index is 10.6. The highest BCUT2D eigenvalue weighted by atomic mass is 16.5. The summed E-state index contributed by atoms with van der Waals surface area (Å²) in [7, 11) is -0.589. The zero-order chi connectivity index (χ0) is 19.4. The SMILES string of the molecule is [2H]C(=O)C([2H])([2H])[2H].[2H]CC([2H])=O.[2H]COC(=O)C(=C)C([2H])([2H])[2H]. The Bertz CT molecular complexity index is 412. The van der Waals surface area contributed by atoms with Crippen molar-refractivity contribution >= 4 is 18.5 Å². The summed E-state index contributed by atoms with van der Waals surface area (Å²) < 4.78 is 67.4. The van der Waals surface area contributed by atoms with Crippen molar-refractivity contribution in [1.29, 1.82) is 0 Å². The smallest absolute Gasteiger partial charge is 0.332 e. The molecule has 76 valence electrons. The number of carbonyl (C=O) groups excluding carboxylic acids is 3. The monoisotopic (exact) mass is 198 g/mol. The minimum absolute atomic E-state index is 0.417. The molecule has 0 radical (unpaired) electrons. The Labute approximate surface area is 92.6 Å². The molecule has 0 bridgehead atoms. The number of aldehydes is 2. The van der Waals surface area contributed by atoms with E-state index in [9.17, 15) is 14.4 Å². The van der Waals surface area contributed by atoms with Gasteiger partial charge in [0, 0.05) is 15.2 Å². The molecular weight excluding hydrogens is 172 g/mol. The number of hydrogen-bond acceptors (Lipinski definition) is 4. The summed E-state index contributed by atoms with van der Waals surface area (Å²) in [5.41, 5.74) is -0.593. The van der Waals surface area contributed by atoms with Gasteiger partial charge >= 0.3 is 5.97 Å². The second-order valence-electron chi connectivity index (χ2n) is 1.16. The van der Waals surface area contributed by atoms with Gasteiger partial charge in [0.2, 0.25) is 0 Å². The molecule has 0 rings (SSSR count). The molecule has 4 nitrogen and oxygen atoms in total.